The second kappa shape index (κ2) is 10.6. The average Bonchev–Trinajstić information content (AvgIpc) is 3.63. The number of fused-ring (bicyclic) bond motifs is 1. The fourth-order valence-electron chi connectivity index (χ4n) is 5.46. The molecule has 2 aliphatic rings. The Morgan fingerprint density at radius 1 is 1.02 bits per heavy atom. The molecule has 214 valence electrons. The minimum absolute atomic E-state index is 0.00570. The molecule has 2 aromatic heterocycles. The van der Waals surface area contributed by atoms with Gasteiger partial charge >= 0.3 is 12.1 Å². The molecule has 1 aliphatic carbocycles. The standard InChI is InChI=1S/C28H25F3N4O6/c29-28(30,31)21-22(14-5-2-1-3-6-14)34-40-24(21)26-33-25(35-41-26)15-9-10-18-20(12-15)39-13-19(23(18)36)32-17-8-4-7-16(11-17)27(37)38/h1-3,5-6,9-10,12,16-17,19,23,32,36H,4,7-8,11,13H2,(H,37,38)/t16-,17-,19+,23+/m1/s1. The monoisotopic (exact) mass is 570 g/mol. The van der Waals surface area contributed by atoms with E-state index in [9.17, 15) is 28.2 Å². The van der Waals surface area contributed by atoms with E-state index in [1.54, 1.807) is 36.4 Å². The number of carboxylic acid groups (broad SMARTS) is 1. The second-order valence-corrected chi connectivity index (χ2v) is 10.2. The molecule has 3 heterocycles. The molecule has 4 aromatic rings. The van der Waals surface area contributed by atoms with Crippen LogP contribution in [0.25, 0.3) is 34.3 Å². The van der Waals surface area contributed by atoms with E-state index in [1.807, 2.05) is 0 Å². The van der Waals surface area contributed by atoms with E-state index in [0.29, 0.717) is 29.7 Å². The largest absolute Gasteiger partial charge is 0.491 e. The minimum Gasteiger partial charge on any atom is -0.491 e. The van der Waals surface area contributed by atoms with Crippen molar-refractivity contribution in [2.24, 2.45) is 5.92 Å². The molecule has 10 nitrogen and oxygen atoms in total. The van der Waals surface area contributed by atoms with Crippen molar-refractivity contribution in [3.63, 3.8) is 0 Å². The van der Waals surface area contributed by atoms with Gasteiger partial charge in [0.05, 0.1) is 12.0 Å². The van der Waals surface area contributed by atoms with E-state index >= 15 is 0 Å². The van der Waals surface area contributed by atoms with Crippen molar-refractivity contribution in [2.45, 2.75) is 50.0 Å². The normalized spacial score (nSPS) is 22.6. The van der Waals surface area contributed by atoms with Gasteiger partial charge in [0.15, 0.2) is 0 Å². The number of ether oxygens (including phenoxy) is 1. The number of hydrogen-bond acceptors (Lipinski definition) is 9. The molecular weight excluding hydrogens is 545 g/mol. The Hall–Kier alpha value is -4.23. The SMILES string of the molecule is O=C(O)[C@@H]1CCC[C@@H](N[C@H]2COc3cc(-c4noc(-c5onc(-c6ccccc6)c5C(F)(F)F)n4)ccc3[C@@H]2O)C1. The van der Waals surface area contributed by atoms with Crippen LogP contribution in [0, 0.1) is 5.92 Å². The van der Waals surface area contributed by atoms with Gasteiger partial charge < -0.3 is 29.3 Å². The maximum Gasteiger partial charge on any atom is 0.422 e. The zero-order valence-electron chi connectivity index (χ0n) is 21.5. The Kier molecular flexibility index (Phi) is 6.99. The summed E-state index contributed by atoms with van der Waals surface area (Å²) in [5, 5.41) is 31.2. The van der Waals surface area contributed by atoms with Crippen LogP contribution in [0.15, 0.2) is 57.6 Å². The maximum atomic E-state index is 14.0. The summed E-state index contributed by atoms with van der Waals surface area (Å²) in [5.41, 5.74) is -0.391. The van der Waals surface area contributed by atoms with Crippen LogP contribution in [-0.2, 0) is 11.0 Å². The Bertz CT molecular complexity index is 1550. The molecule has 0 unspecified atom stereocenters. The predicted octanol–water partition coefficient (Wildman–Crippen LogP) is 5.10. The molecule has 0 radical (unpaired) electrons. The number of carboxylic acids is 1. The molecule has 1 fully saturated rings. The fourth-order valence-corrected chi connectivity index (χ4v) is 5.46. The summed E-state index contributed by atoms with van der Waals surface area (Å²) in [5.74, 6) is -2.04. The van der Waals surface area contributed by atoms with Gasteiger partial charge in [-0.3, -0.25) is 4.79 Å². The van der Waals surface area contributed by atoms with Crippen LogP contribution in [0.3, 0.4) is 0 Å². The number of hydrogen-bond donors (Lipinski definition) is 3. The molecule has 2 aromatic carbocycles. The average molecular weight is 571 g/mol. The first-order valence-corrected chi connectivity index (χ1v) is 13.1. The van der Waals surface area contributed by atoms with Crippen LogP contribution >= 0.6 is 0 Å². The van der Waals surface area contributed by atoms with E-state index < -0.39 is 47.4 Å². The fraction of sp³-hybridized carbons (Fsp3) is 0.357. The lowest BCUT2D eigenvalue weighted by Crippen LogP contribution is -2.49. The van der Waals surface area contributed by atoms with Gasteiger partial charge in [-0.25, -0.2) is 0 Å². The van der Waals surface area contributed by atoms with Crippen LogP contribution in [0.2, 0.25) is 0 Å². The van der Waals surface area contributed by atoms with Crippen molar-refractivity contribution in [2.75, 3.05) is 6.61 Å². The lowest BCUT2D eigenvalue weighted by atomic mass is 9.85. The molecule has 6 rings (SSSR count). The molecule has 1 aliphatic heterocycles. The highest BCUT2D eigenvalue weighted by Gasteiger charge is 2.43. The number of nitrogens with one attached hydrogen (secondary N) is 1. The first kappa shape index (κ1) is 27.0. The summed E-state index contributed by atoms with van der Waals surface area (Å²) >= 11 is 0. The Morgan fingerprint density at radius 2 is 1.83 bits per heavy atom. The number of carbonyl (C=O) groups is 1. The van der Waals surface area contributed by atoms with E-state index in [2.05, 4.69) is 20.6 Å². The molecule has 0 spiro atoms. The molecule has 4 atom stereocenters. The highest BCUT2D eigenvalue weighted by molar-refractivity contribution is 5.71. The second-order valence-electron chi connectivity index (χ2n) is 10.2. The van der Waals surface area contributed by atoms with E-state index in [4.69, 9.17) is 13.8 Å². The summed E-state index contributed by atoms with van der Waals surface area (Å²) in [6.07, 6.45) is -2.99. The van der Waals surface area contributed by atoms with Crippen LogP contribution in [-0.4, -0.2) is 50.2 Å². The van der Waals surface area contributed by atoms with Gasteiger partial charge in [0, 0.05) is 22.7 Å². The van der Waals surface area contributed by atoms with Gasteiger partial charge in [-0.2, -0.15) is 18.2 Å². The molecular formula is C28H25F3N4O6. The van der Waals surface area contributed by atoms with Crippen molar-refractivity contribution in [1.82, 2.24) is 20.6 Å². The van der Waals surface area contributed by atoms with Crippen LogP contribution in [0.4, 0.5) is 13.2 Å². The maximum absolute atomic E-state index is 14.0. The zero-order valence-corrected chi connectivity index (χ0v) is 21.5. The quantitative estimate of drug-likeness (QED) is 0.286. The van der Waals surface area contributed by atoms with Crippen molar-refractivity contribution < 1.29 is 42.0 Å². The van der Waals surface area contributed by atoms with Gasteiger partial charge in [-0.1, -0.05) is 59.2 Å². The summed E-state index contributed by atoms with van der Waals surface area (Å²) in [4.78, 5) is 15.5. The number of rotatable bonds is 6. The van der Waals surface area contributed by atoms with Gasteiger partial charge in [0.25, 0.3) is 5.89 Å². The molecule has 13 heteroatoms. The van der Waals surface area contributed by atoms with E-state index in [0.717, 1.165) is 12.8 Å². The molecule has 0 bridgehead atoms. The Balaban J connectivity index is 1.22. The number of aliphatic carboxylic acids is 1. The number of benzene rings is 2. The lowest BCUT2D eigenvalue weighted by Gasteiger charge is -2.36. The van der Waals surface area contributed by atoms with E-state index in [1.165, 1.54) is 12.1 Å². The first-order valence-electron chi connectivity index (χ1n) is 13.1. The number of nitrogens with zero attached hydrogens (tertiary/aromatic N) is 3. The van der Waals surface area contributed by atoms with E-state index in [-0.39, 0.29) is 29.7 Å². The number of aliphatic hydroxyl groups is 1. The number of alkyl halides is 3. The highest BCUT2D eigenvalue weighted by Crippen LogP contribution is 2.43. The van der Waals surface area contributed by atoms with Crippen molar-refractivity contribution in [1.29, 1.82) is 0 Å². The van der Waals surface area contributed by atoms with Crippen LogP contribution in [0.1, 0.15) is 42.9 Å². The van der Waals surface area contributed by atoms with Crippen LogP contribution in [0.5, 0.6) is 5.75 Å². The van der Waals surface area contributed by atoms with Crippen molar-refractivity contribution >= 4 is 5.97 Å². The first-order chi connectivity index (χ1) is 19.7. The number of aliphatic hydroxyl groups excluding tert-OH is 1. The molecule has 1 saturated carbocycles. The zero-order chi connectivity index (χ0) is 28.7. The third-order valence-electron chi connectivity index (χ3n) is 7.51. The third kappa shape index (κ3) is 5.30. The molecule has 41 heavy (non-hydrogen) atoms. The number of aromatic nitrogens is 3. The van der Waals surface area contributed by atoms with Crippen molar-refractivity contribution in [3.05, 3.63) is 59.7 Å². The summed E-state index contributed by atoms with van der Waals surface area (Å²) in [6, 6.07) is 12.1. The minimum atomic E-state index is -4.80. The summed E-state index contributed by atoms with van der Waals surface area (Å²) in [6.45, 7) is 0.138. The smallest absolute Gasteiger partial charge is 0.422 e. The van der Waals surface area contributed by atoms with Crippen molar-refractivity contribution in [3.8, 4) is 40.0 Å². The van der Waals surface area contributed by atoms with Gasteiger partial charge in [-0.05, 0) is 25.3 Å². The van der Waals surface area contributed by atoms with Gasteiger partial charge in [-0.15, -0.1) is 0 Å². The Labute approximate surface area is 231 Å². The molecule has 3 N–H and O–H groups in total. The Morgan fingerprint density at radius 3 is 2.59 bits per heavy atom. The van der Waals surface area contributed by atoms with Gasteiger partial charge in [0.1, 0.15) is 29.7 Å². The molecule has 0 amide bonds. The molecule has 0 saturated heterocycles. The topological polar surface area (TPSA) is 144 Å². The lowest BCUT2D eigenvalue weighted by molar-refractivity contribution is -0.143. The van der Waals surface area contributed by atoms with Gasteiger partial charge in [0.2, 0.25) is 11.6 Å². The predicted molar refractivity (Wildman–Crippen MR) is 136 cm³/mol. The van der Waals surface area contributed by atoms with Crippen LogP contribution < -0.4 is 10.1 Å². The summed E-state index contributed by atoms with van der Waals surface area (Å²) < 4.78 is 58.2. The number of halogens is 3. The summed E-state index contributed by atoms with van der Waals surface area (Å²) in [7, 11) is 0. The highest BCUT2D eigenvalue weighted by atomic mass is 19.4. The third-order valence-corrected chi connectivity index (χ3v) is 7.51.